The zero-order valence-corrected chi connectivity index (χ0v) is 11.6. The van der Waals surface area contributed by atoms with E-state index in [1.54, 1.807) is 6.07 Å². The predicted octanol–water partition coefficient (Wildman–Crippen LogP) is 1.63. The molecule has 3 N–H and O–H groups in total. The van der Waals surface area contributed by atoms with Crippen molar-refractivity contribution in [1.82, 2.24) is 0 Å². The Morgan fingerprint density at radius 3 is 2.83 bits per heavy atom. The van der Waals surface area contributed by atoms with Crippen molar-refractivity contribution in [3.8, 4) is 0 Å². The second-order valence-electron chi connectivity index (χ2n) is 4.20. The highest BCUT2D eigenvalue weighted by atomic mass is 32.2. The summed E-state index contributed by atoms with van der Waals surface area (Å²) in [6.45, 7) is 4.28. The van der Waals surface area contributed by atoms with E-state index in [4.69, 9.17) is 5.73 Å². The van der Waals surface area contributed by atoms with Crippen LogP contribution in [0.2, 0.25) is 0 Å². The molecule has 5 heteroatoms. The van der Waals surface area contributed by atoms with Crippen molar-refractivity contribution in [2.24, 2.45) is 5.73 Å². The van der Waals surface area contributed by atoms with Crippen LogP contribution in [0, 0.1) is 0 Å². The van der Waals surface area contributed by atoms with Crippen LogP contribution in [0.5, 0.6) is 0 Å². The van der Waals surface area contributed by atoms with Crippen molar-refractivity contribution < 1.29 is 9.00 Å². The highest BCUT2D eigenvalue weighted by Gasteiger charge is 2.13. The first-order valence-corrected chi connectivity index (χ1v) is 7.41. The number of carbonyl (C=O) groups is 1. The Morgan fingerprint density at radius 2 is 2.22 bits per heavy atom. The first kappa shape index (κ1) is 14.9. The molecule has 1 aromatic carbocycles. The molecule has 0 aliphatic rings. The van der Waals surface area contributed by atoms with Crippen LogP contribution in [0.4, 0.5) is 5.69 Å². The summed E-state index contributed by atoms with van der Waals surface area (Å²) in [6.07, 6.45) is 0.808. The van der Waals surface area contributed by atoms with Gasteiger partial charge in [0.1, 0.15) is 5.75 Å². The second-order valence-corrected chi connectivity index (χ2v) is 6.05. The average Bonchev–Trinajstić information content (AvgIpc) is 2.37. The third kappa shape index (κ3) is 4.58. The average molecular weight is 268 g/mol. The summed E-state index contributed by atoms with van der Waals surface area (Å²) in [7, 11) is -1.11. The molecule has 18 heavy (non-hydrogen) atoms. The van der Waals surface area contributed by atoms with Gasteiger partial charge in [0.25, 0.3) is 0 Å². The summed E-state index contributed by atoms with van der Waals surface area (Å²) >= 11 is 0. The molecule has 0 saturated heterocycles. The molecule has 1 aromatic rings. The predicted molar refractivity (Wildman–Crippen MR) is 75.7 cm³/mol. The van der Waals surface area contributed by atoms with Crippen LogP contribution in [0.15, 0.2) is 24.3 Å². The fourth-order valence-electron chi connectivity index (χ4n) is 1.43. The van der Waals surface area contributed by atoms with Gasteiger partial charge in [0.15, 0.2) is 0 Å². The number of amides is 1. The number of rotatable bonds is 6. The van der Waals surface area contributed by atoms with E-state index in [0.717, 1.165) is 12.0 Å². The minimum absolute atomic E-state index is 0.0435. The molecule has 2 atom stereocenters. The highest BCUT2D eigenvalue weighted by Crippen LogP contribution is 2.10. The highest BCUT2D eigenvalue weighted by molar-refractivity contribution is 7.86. The Hall–Kier alpha value is -1.20. The number of carbonyl (C=O) groups excluding carboxylic acids is 1. The Labute approximate surface area is 110 Å². The number of nitrogens with one attached hydrogen (secondary N) is 1. The van der Waals surface area contributed by atoms with E-state index >= 15 is 0 Å². The van der Waals surface area contributed by atoms with Gasteiger partial charge in [0.2, 0.25) is 5.91 Å². The molecule has 1 amide bonds. The van der Waals surface area contributed by atoms with E-state index in [9.17, 15) is 9.00 Å². The van der Waals surface area contributed by atoms with Gasteiger partial charge in [0, 0.05) is 28.3 Å². The third-order valence-electron chi connectivity index (χ3n) is 2.74. The number of hydrogen-bond acceptors (Lipinski definition) is 3. The lowest BCUT2D eigenvalue weighted by atomic mass is 10.2. The zero-order chi connectivity index (χ0) is 13.5. The molecular weight excluding hydrogens is 248 g/mol. The monoisotopic (exact) mass is 268 g/mol. The normalized spacial score (nSPS) is 13.9. The molecule has 0 bridgehead atoms. The summed E-state index contributed by atoms with van der Waals surface area (Å²) in [5.41, 5.74) is 7.18. The number of benzene rings is 1. The molecular formula is C13H20N2O2S. The van der Waals surface area contributed by atoms with Gasteiger partial charge < -0.3 is 11.1 Å². The van der Waals surface area contributed by atoms with Gasteiger partial charge in [-0.2, -0.15) is 0 Å². The van der Waals surface area contributed by atoms with Crippen molar-refractivity contribution in [1.29, 1.82) is 0 Å². The lowest BCUT2D eigenvalue weighted by Gasteiger charge is -2.09. The van der Waals surface area contributed by atoms with Crippen LogP contribution < -0.4 is 11.1 Å². The van der Waals surface area contributed by atoms with Crippen LogP contribution in [-0.2, 0) is 22.1 Å². The fraction of sp³-hybridized carbons (Fsp3) is 0.462. The van der Waals surface area contributed by atoms with Gasteiger partial charge in [0.05, 0.1) is 0 Å². The smallest absolute Gasteiger partial charge is 0.237 e. The summed E-state index contributed by atoms with van der Waals surface area (Å²) in [4.78, 5) is 11.7. The van der Waals surface area contributed by atoms with Gasteiger partial charge in [-0.1, -0.05) is 26.0 Å². The van der Waals surface area contributed by atoms with Crippen LogP contribution in [0.3, 0.4) is 0 Å². The van der Waals surface area contributed by atoms with Crippen LogP contribution >= 0.6 is 0 Å². The summed E-state index contributed by atoms with van der Waals surface area (Å²) in [5.74, 6) is -0.176. The van der Waals surface area contributed by atoms with E-state index in [1.807, 2.05) is 32.0 Å². The van der Waals surface area contributed by atoms with Crippen LogP contribution in [-0.4, -0.2) is 21.1 Å². The molecule has 0 radical (unpaired) electrons. The maximum atomic E-state index is 11.7. The molecule has 0 heterocycles. The van der Waals surface area contributed by atoms with Gasteiger partial charge in [-0.15, -0.1) is 0 Å². The first-order chi connectivity index (χ1) is 8.56. The van der Waals surface area contributed by atoms with E-state index in [0.29, 0.717) is 12.2 Å². The molecule has 0 aliphatic heterocycles. The topological polar surface area (TPSA) is 72.2 Å². The van der Waals surface area contributed by atoms with Gasteiger partial charge in [-0.05, 0) is 24.1 Å². The molecule has 100 valence electrons. The van der Waals surface area contributed by atoms with Gasteiger partial charge >= 0.3 is 0 Å². The summed E-state index contributed by atoms with van der Waals surface area (Å²) < 4.78 is 11.7. The Bertz CT molecular complexity index is 435. The van der Waals surface area contributed by atoms with E-state index in [1.165, 1.54) is 0 Å². The minimum Gasteiger partial charge on any atom is -0.326 e. The van der Waals surface area contributed by atoms with Crippen LogP contribution in [0.1, 0.15) is 25.8 Å². The molecule has 0 spiro atoms. The quantitative estimate of drug-likeness (QED) is 0.823. The molecule has 2 unspecified atom stereocenters. The van der Waals surface area contributed by atoms with Gasteiger partial charge in [-0.3, -0.25) is 9.00 Å². The number of nitrogens with two attached hydrogens (primary N) is 1. The van der Waals surface area contributed by atoms with Crippen molar-refractivity contribution in [2.45, 2.75) is 32.1 Å². The first-order valence-electron chi connectivity index (χ1n) is 6.02. The lowest BCUT2D eigenvalue weighted by Crippen LogP contribution is -2.24. The number of anilines is 1. The third-order valence-corrected chi connectivity index (χ3v) is 4.52. The van der Waals surface area contributed by atoms with E-state index in [2.05, 4.69) is 5.32 Å². The lowest BCUT2D eigenvalue weighted by molar-refractivity contribution is -0.113. The van der Waals surface area contributed by atoms with E-state index in [-0.39, 0.29) is 16.9 Å². The summed E-state index contributed by atoms with van der Waals surface area (Å²) in [5, 5.41) is 2.79. The summed E-state index contributed by atoms with van der Waals surface area (Å²) in [6, 6.07) is 7.35. The Balaban J connectivity index is 2.56. The molecule has 1 rings (SSSR count). The molecule has 0 fully saturated rings. The Kier molecular flexibility index (Phi) is 6.01. The van der Waals surface area contributed by atoms with Crippen molar-refractivity contribution in [3.05, 3.63) is 29.8 Å². The largest absolute Gasteiger partial charge is 0.326 e. The maximum Gasteiger partial charge on any atom is 0.237 e. The minimum atomic E-state index is -1.11. The van der Waals surface area contributed by atoms with Crippen molar-refractivity contribution in [2.75, 3.05) is 11.1 Å². The number of hydrogen-bond donors (Lipinski definition) is 2. The van der Waals surface area contributed by atoms with Gasteiger partial charge in [-0.25, -0.2) is 0 Å². The fourth-order valence-corrected chi connectivity index (χ4v) is 2.42. The Morgan fingerprint density at radius 1 is 1.50 bits per heavy atom. The maximum absolute atomic E-state index is 11.7. The molecule has 0 aromatic heterocycles. The second kappa shape index (κ2) is 7.28. The molecule has 0 aliphatic carbocycles. The molecule has 0 saturated carbocycles. The van der Waals surface area contributed by atoms with Crippen molar-refractivity contribution in [3.63, 3.8) is 0 Å². The van der Waals surface area contributed by atoms with E-state index < -0.39 is 10.8 Å². The van der Waals surface area contributed by atoms with Crippen molar-refractivity contribution >= 4 is 22.4 Å². The van der Waals surface area contributed by atoms with Crippen LogP contribution in [0.25, 0.3) is 0 Å². The SMILES string of the molecule is CCC(C)S(=O)CC(=O)Nc1cccc(CN)c1. The standard InChI is InChI=1S/C13H20N2O2S/c1-3-10(2)18(17)9-13(16)15-12-6-4-5-11(7-12)8-14/h4-7,10H,3,8-9,14H2,1-2H3,(H,15,16). The molecule has 4 nitrogen and oxygen atoms in total. The zero-order valence-electron chi connectivity index (χ0n) is 10.8.